The van der Waals surface area contributed by atoms with Gasteiger partial charge in [-0.2, -0.15) is 0 Å². The van der Waals surface area contributed by atoms with E-state index in [0.29, 0.717) is 5.56 Å². The van der Waals surface area contributed by atoms with Gasteiger partial charge in [0, 0.05) is 17.7 Å². The van der Waals surface area contributed by atoms with Crippen molar-refractivity contribution in [1.82, 2.24) is 0 Å². The summed E-state index contributed by atoms with van der Waals surface area (Å²) in [5.74, 6) is 4.96. The average molecular weight is 277 g/mol. The Morgan fingerprint density at radius 3 is 2.33 bits per heavy atom. The average Bonchev–Trinajstić information content (AvgIpc) is 2.52. The van der Waals surface area contributed by atoms with Crippen LogP contribution in [0, 0.1) is 22.0 Å². The van der Waals surface area contributed by atoms with Crippen LogP contribution in [0.25, 0.3) is 6.08 Å². The minimum atomic E-state index is -0.468. The maximum absolute atomic E-state index is 11.6. The number of rotatable bonds is 3. The number of hydrogen-bond donors (Lipinski definition) is 0. The molecular weight excluding hydrogens is 266 g/mol. The first-order valence-corrected chi connectivity index (χ1v) is 6.19. The van der Waals surface area contributed by atoms with E-state index >= 15 is 0 Å². The van der Waals surface area contributed by atoms with Crippen LogP contribution in [0.5, 0.6) is 0 Å². The van der Waals surface area contributed by atoms with Gasteiger partial charge in [0.05, 0.1) is 4.92 Å². The summed E-state index contributed by atoms with van der Waals surface area (Å²) in [5.41, 5.74) is 1.49. The number of ketones is 1. The van der Waals surface area contributed by atoms with E-state index in [1.54, 1.807) is 18.2 Å². The fourth-order valence-electron chi connectivity index (χ4n) is 1.58. The summed E-state index contributed by atoms with van der Waals surface area (Å²) in [6.45, 7) is 0. The summed E-state index contributed by atoms with van der Waals surface area (Å²) in [5, 5.41) is 10.5. The highest BCUT2D eigenvalue weighted by molar-refractivity contribution is 6.06. The molecule has 0 bridgehead atoms. The molecule has 0 saturated heterocycles. The van der Waals surface area contributed by atoms with Gasteiger partial charge in [-0.15, -0.1) is 0 Å². The predicted molar refractivity (Wildman–Crippen MR) is 80.5 cm³/mol. The highest BCUT2D eigenvalue weighted by atomic mass is 16.6. The highest BCUT2D eigenvalue weighted by Crippen LogP contribution is 2.12. The molecule has 0 aliphatic heterocycles. The van der Waals surface area contributed by atoms with E-state index in [1.807, 2.05) is 30.3 Å². The van der Waals surface area contributed by atoms with Gasteiger partial charge in [-0.3, -0.25) is 14.9 Å². The van der Waals surface area contributed by atoms with Crippen LogP contribution in [0.3, 0.4) is 0 Å². The first-order chi connectivity index (χ1) is 10.1. The molecular formula is C17H11NO3. The van der Waals surface area contributed by atoms with Crippen molar-refractivity contribution in [2.24, 2.45) is 0 Å². The van der Waals surface area contributed by atoms with Crippen molar-refractivity contribution < 1.29 is 9.72 Å². The Bertz CT molecular complexity index is 735. The molecule has 0 heterocycles. The summed E-state index contributed by atoms with van der Waals surface area (Å²) in [4.78, 5) is 21.6. The molecule has 0 aliphatic carbocycles. The van der Waals surface area contributed by atoms with Crippen molar-refractivity contribution in [2.45, 2.75) is 0 Å². The van der Waals surface area contributed by atoms with E-state index in [9.17, 15) is 14.9 Å². The third-order valence-corrected chi connectivity index (χ3v) is 2.63. The maximum Gasteiger partial charge on any atom is 0.269 e. The number of hydrogen-bond acceptors (Lipinski definition) is 3. The number of benzene rings is 2. The van der Waals surface area contributed by atoms with Crippen LogP contribution in [0.4, 0.5) is 5.69 Å². The molecule has 0 aromatic heterocycles. The molecule has 2 rings (SSSR count). The smallest absolute Gasteiger partial charge is 0.269 e. The van der Waals surface area contributed by atoms with Gasteiger partial charge in [-0.05, 0) is 41.8 Å². The van der Waals surface area contributed by atoms with Crippen LogP contribution in [-0.2, 0) is 4.79 Å². The van der Waals surface area contributed by atoms with E-state index in [0.717, 1.165) is 5.56 Å². The SMILES string of the molecule is O=C(C#Cc1ccccc1)/C=C/c1ccc([N+](=O)[O-])cc1. The molecule has 0 saturated carbocycles. The van der Waals surface area contributed by atoms with Gasteiger partial charge in [-0.1, -0.05) is 30.2 Å². The van der Waals surface area contributed by atoms with E-state index in [1.165, 1.54) is 18.2 Å². The second-order valence-electron chi connectivity index (χ2n) is 4.16. The summed E-state index contributed by atoms with van der Waals surface area (Å²) < 4.78 is 0. The molecule has 0 aliphatic rings. The first kappa shape index (κ1) is 14.2. The van der Waals surface area contributed by atoms with Crippen molar-refractivity contribution in [3.8, 4) is 11.8 Å². The molecule has 21 heavy (non-hydrogen) atoms. The Balaban J connectivity index is 2.02. The number of carbonyl (C=O) groups excluding carboxylic acids is 1. The molecule has 0 radical (unpaired) electrons. The topological polar surface area (TPSA) is 60.2 Å². The zero-order valence-electron chi connectivity index (χ0n) is 11.0. The Hall–Kier alpha value is -3.19. The third kappa shape index (κ3) is 4.44. The third-order valence-electron chi connectivity index (χ3n) is 2.63. The molecule has 102 valence electrons. The summed E-state index contributed by atoms with van der Waals surface area (Å²) in [7, 11) is 0. The largest absolute Gasteiger partial charge is 0.280 e. The summed E-state index contributed by atoms with van der Waals surface area (Å²) in [6.07, 6.45) is 2.92. The lowest BCUT2D eigenvalue weighted by Gasteiger charge is -1.92. The lowest BCUT2D eigenvalue weighted by atomic mass is 10.1. The van der Waals surface area contributed by atoms with Gasteiger partial charge >= 0.3 is 0 Å². The molecule has 0 amide bonds. The molecule has 4 nitrogen and oxygen atoms in total. The van der Waals surface area contributed by atoms with Gasteiger partial charge in [0.1, 0.15) is 0 Å². The fourth-order valence-corrected chi connectivity index (χ4v) is 1.58. The standard InChI is InChI=1S/C17H11NO3/c19-17(12-8-14-4-2-1-3-5-14)13-9-15-6-10-16(11-7-15)18(20)21/h1-7,9-11,13H/b13-9+. The Labute approximate surface area is 121 Å². The minimum absolute atomic E-state index is 0.0161. The number of nitro groups is 1. The predicted octanol–water partition coefficient (Wildman–Crippen LogP) is 3.23. The van der Waals surface area contributed by atoms with Gasteiger partial charge < -0.3 is 0 Å². The zero-order chi connectivity index (χ0) is 15.1. The van der Waals surface area contributed by atoms with Crippen molar-refractivity contribution in [3.05, 3.63) is 81.9 Å². The van der Waals surface area contributed by atoms with Crippen LogP contribution in [0.2, 0.25) is 0 Å². The summed E-state index contributed by atoms with van der Waals surface area (Å²) >= 11 is 0. The zero-order valence-corrected chi connectivity index (χ0v) is 11.0. The summed E-state index contributed by atoms with van der Waals surface area (Å²) in [6, 6.07) is 15.1. The van der Waals surface area contributed by atoms with Crippen LogP contribution < -0.4 is 0 Å². The monoisotopic (exact) mass is 277 g/mol. The van der Waals surface area contributed by atoms with Crippen LogP contribution >= 0.6 is 0 Å². The second kappa shape index (κ2) is 6.83. The van der Waals surface area contributed by atoms with E-state index in [2.05, 4.69) is 11.8 Å². The Kier molecular flexibility index (Phi) is 4.62. The number of allylic oxidation sites excluding steroid dienone is 1. The number of non-ortho nitro benzene ring substituents is 1. The van der Waals surface area contributed by atoms with Crippen LogP contribution in [-0.4, -0.2) is 10.7 Å². The first-order valence-electron chi connectivity index (χ1n) is 6.19. The molecule has 2 aromatic carbocycles. The van der Waals surface area contributed by atoms with E-state index in [4.69, 9.17) is 0 Å². The number of nitrogens with zero attached hydrogens (tertiary/aromatic N) is 1. The number of nitro benzene ring substituents is 1. The van der Waals surface area contributed by atoms with Crippen LogP contribution in [0.1, 0.15) is 11.1 Å². The van der Waals surface area contributed by atoms with Gasteiger partial charge in [0.15, 0.2) is 0 Å². The normalized spacial score (nSPS) is 9.90. The van der Waals surface area contributed by atoms with Crippen molar-refractivity contribution >= 4 is 17.5 Å². The fraction of sp³-hybridized carbons (Fsp3) is 0. The number of carbonyl (C=O) groups is 1. The molecule has 2 aromatic rings. The molecule has 0 N–H and O–H groups in total. The van der Waals surface area contributed by atoms with Crippen molar-refractivity contribution in [2.75, 3.05) is 0 Å². The van der Waals surface area contributed by atoms with E-state index in [-0.39, 0.29) is 11.5 Å². The van der Waals surface area contributed by atoms with Gasteiger partial charge in [0.2, 0.25) is 5.78 Å². The minimum Gasteiger partial charge on any atom is -0.280 e. The molecule has 0 spiro atoms. The Morgan fingerprint density at radius 2 is 1.71 bits per heavy atom. The maximum atomic E-state index is 11.6. The Morgan fingerprint density at radius 1 is 1.05 bits per heavy atom. The van der Waals surface area contributed by atoms with E-state index < -0.39 is 4.92 Å². The molecule has 0 unspecified atom stereocenters. The van der Waals surface area contributed by atoms with Crippen molar-refractivity contribution in [1.29, 1.82) is 0 Å². The quantitative estimate of drug-likeness (QED) is 0.374. The lowest BCUT2D eigenvalue weighted by molar-refractivity contribution is -0.384. The molecule has 4 heteroatoms. The van der Waals surface area contributed by atoms with Crippen LogP contribution in [0.15, 0.2) is 60.7 Å². The van der Waals surface area contributed by atoms with Crippen molar-refractivity contribution in [3.63, 3.8) is 0 Å². The second-order valence-corrected chi connectivity index (χ2v) is 4.16. The highest BCUT2D eigenvalue weighted by Gasteiger charge is 2.02. The molecule has 0 atom stereocenters. The van der Waals surface area contributed by atoms with Gasteiger partial charge in [0.25, 0.3) is 5.69 Å². The molecule has 0 fully saturated rings. The van der Waals surface area contributed by atoms with Gasteiger partial charge in [-0.25, -0.2) is 0 Å². The lowest BCUT2D eigenvalue weighted by Crippen LogP contribution is -1.88.